The predicted octanol–water partition coefficient (Wildman–Crippen LogP) is 2.33. The maximum absolute atomic E-state index is 5.66. The van der Waals surface area contributed by atoms with E-state index in [-0.39, 0.29) is 0 Å². The van der Waals surface area contributed by atoms with Crippen LogP contribution < -0.4 is 5.73 Å². The Bertz CT molecular complexity index is 496. The van der Waals surface area contributed by atoms with Crippen molar-refractivity contribution in [2.75, 3.05) is 5.73 Å². The zero-order chi connectivity index (χ0) is 11.7. The smallest absolute Gasteiger partial charge is 0.181 e. The van der Waals surface area contributed by atoms with Gasteiger partial charge in [0, 0.05) is 17.8 Å². The van der Waals surface area contributed by atoms with Crippen LogP contribution in [0.4, 0.5) is 5.69 Å². The Labute approximate surface area is 100 Å². The van der Waals surface area contributed by atoms with Crippen LogP contribution in [0, 0.1) is 5.92 Å². The molecule has 1 saturated carbocycles. The Morgan fingerprint density at radius 3 is 2.65 bits per heavy atom. The molecule has 0 spiro atoms. The number of aromatic nitrogens is 3. The molecule has 2 N–H and O–H groups in total. The number of nitrogens with two attached hydrogens (primary N) is 1. The van der Waals surface area contributed by atoms with Gasteiger partial charge in [0.2, 0.25) is 0 Å². The third-order valence-electron chi connectivity index (χ3n) is 3.38. The van der Waals surface area contributed by atoms with Crippen LogP contribution in [0.2, 0.25) is 0 Å². The summed E-state index contributed by atoms with van der Waals surface area (Å²) >= 11 is 0. The Morgan fingerprint density at radius 2 is 2.00 bits per heavy atom. The normalized spacial score (nSPS) is 15.8. The minimum Gasteiger partial charge on any atom is -0.399 e. The first kappa shape index (κ1) is 10.3. The lowest BCUT2D eigenvalue weighted by Gasteiger charge is -2.24. The first-order valence-electron chi connectivity index (χ1n) is 6.06. The van der Waals surface area contributed by atoms with Crippen molar-refractivity contribution < 1.29 is 0 Å². The predicted molar refractivity (Wildman–Crippen MR) is 67.2 cm³/mol. The van der Waals surface area contributed by atoms with E-state index in [1.165, 1.54) is 19.3 Å². The van der Waals surface area contributed by atoms with E-state index in [0.29, 0.717) is 0 Å². The highest BCUT2D eigenvalue weighted by molar-refractivity contribution is 5.57. The van der Waals surface area contributed by atoms with Gasteiger partial charge in [0.1, 0.15) is 6.33 Å². The van der Waals surface area contributed by atoms with Gasteiger partial charge in [-0.3, -0.25) is 4.68 Å². The molecular formula is C13H16N4. The molecule has 1 heterocycles. The minimum atomic E-state index is 0.766. The van der Waals surface area contributed by atoms with Gasteiger partial charge in [-0.1, -0.05) is 6.42 Å². The van der Waals surface area contributed by atoms with Crippen LogP contribution in [0.15, 0.2) is 30.6 Å². The standard InChI is InChI=1S/C13H16N4/c14-12-6-4-11(5-7-12)13-15-9-17(16-13)8-10-2-1-3-10/h4-7,9-10H,1-3,8,14H2. The largest absolute Gasteiger partial charge is 0.399 e. The molecule has 1 aromatic carbocycles. The summed E-state index contributed by atoms with van der Waals surface area (Å²) in [5.41, 5.74) is 7.44. The first-order chi connectivity index (χ1) is 8.31. The van der Waals surface area contributed by atoms with Gasteiger partial charge in [-0.15, -0.1) is 0 Å². The van der Waals surface area contributed by atoms with Crippen LogP contribution in [0.1, 0.15) is 19.3 Å². The average molecular weight is 228 g/mol. The van der Waals surface area contributed by atoms with Crippen molar-refractivity contribution in [1.82, 2.24) is 14.8 Å². The second-order valence-corrected chi connectivity index (χ2v) is 4.71. The molecule has 4 nitrogen and oxygen atoms in total. The number of benzene rings is 1. The van der Waals surface area contributed by atoms with Crippen molar-refractivity contribution in [1.29, 1.82) is 0 Å². The molecule has 0 saturated heterocycles. The van der Waals surface area contributed by atoms with Crippen molar-refractivity contribution >= 4 is 5.69 Å². The average Bonchev–Trinajstić information content (AvgIpc) is 2.73. The molecule has 0 bridgehead atoms. The monoisotopic (exact) mass is 228 g/mol. The molecule has 0 atom stereocenters. The fourth-order valence-corrected chi connectivity index (χ4v) is 2.09. The molecular weight excluding hydrogens is 212 g/mol. The molecule has 1 aromatic heterocycles. The number of hydrogen-bond donors (Lipinski definition) is 1. The second kappa shape index (κ2) is 4.20. The van der Waals surface area contributed by atoms with E-state index >= 15 is 0 Å². The van der Waals surface area contributed by atoms with Crippen molar-refractivity contribution in [3.8, 4) is 11.4 Å². The first-order valence-corrected chi connectivity index (χ1v) is 6.06. The highest BCUT2D eigenvalue weighted by Crippen LogP contribution is 2.27. The topological polar surface area (TPSA) is 56.7 Å². The molecule has 3 rings (SSSR count). The van der Waals surface area contributed by atoms with Crippen LogP contribution in [0.3, 0.4) is 0 Å². The van der Waals surface area contributed by atoms with E-state index in [0.717, 1.165) is 29.5 Å². The fraction of sp³-hybridized carbons (Fsp3) is 0.385. The van der Waals surface area contributed by atoms with Crippen molar-refractivity contribution in [3.63, 3.8) is 0 Å². The lowest BCUT2D eigenvalue weighted by molar-refractivity contribution is 0.266. The Morgan fingerprint density at radius 1 is 1.24 bits per heavy atom. The van der Waals surface area contributed by atoms with E-state index in [4.69, 9.17) is 5.73 Å². The van der Waals surface area contributed by atoms with Crippen molar-refractivity contribution in [2.45, 2.75) is 25.8 Å². The Kier molecular flexibility index (Phi) is 2.55. The van der Waals surface area contributed by atoms with Crippen molar-refractivity contribution in [2.24, 2.45) is 5.92 Å². The van der Waals surface area contributed by atoms with Gasteiger partial charge in [-0.2, -0.15) is 5.10 Å². The summed E-state index contributed by atoms with van der Waals surface area (Å²) in [6, 6.07) is 7.67. The molecule has 1 aliphatic carbocycles. The van der Waals surface area contributed by atoms with Gasteiger partial charge in [0.15, 0.2) is 5.82 Å². The van der Waals surface area contributed by atoms with Crippen molar-refractivity contribution in [3.05, 3.63) is 30.6 Å². The second-order valence-electron chi connectivity index (χ2n) is 4.71. The minimum absolute atomic E-state index is 0.766. The molecule has 4 heteroatoms. The fourth-order valence-electron chi connectivity index (χ4n) is 2.09. The summed E-state index contributed by atoms with van der Waals surface area (Å²) in [5, 5.41) is 4.50. The van der Waals surface area contributed by atoms with Crippen LogP contribution in [-0.4, -0.2) is 14.8 Å². The zero-order valence-corrected chi connectivity index (χ0v) is 9.71. The SMILES string of the molecule is Nc1ccc(-c2ncn(CC3CCC3)n2)cc1. The highest BCUT2D eigenvalue weighted by atomic mass is 15.3. The quantitative estimate of drug-likeness (QED) is 0.820. The summed E-state index contributed by atoms with van der Waals surface area (Å²) in [7, 11) is 0. The van der Waals surface area contributed by atoms with E-state index < -0.39 is 0 Å². The van der Waals surface area contributed by atoms with Gasteiger partial charge < -0.3 is 5.73 Å². The van der Waals surface area contributed by atoms with E-state index in [1.807, 2.05) is 35.3 Å². The summed E-state index contributed by atoms with van der Waals surface area (Å²) in [6.07, 6.45) is 5.85. The summed E-state index contributed by atoms with van der Waals surface area (Å²) in [6.45, 7) is 1.00. The maximum atomic E-state index is 5.66. The van der Waals surface area contributed by atoms with Gasteiger partial charge >= 0.3 is 0 Å². The number of nitrogen functional groups attached to an aromatic ring is 1. The molecule has 88 valence electrons. The maximum Gasteiger partial charge on any atom is 0.181 e. The summed E-state index contributed by atoms with van der Waals surface area (Å²) in [4.78, 5) is 4.34. The van der Waals surface area contributed by atoms with Gasteiger partial charge in [-0.25, -0.2) is 4.98 Å². The van der Waals surface area contributed by atoms with Gasteiger partial charge in [0.25, 0.3) is 0 Å². The van der Waals surface area contributed by atoms with Crippen LogP contribution >= 0.6 is 0 Å². The number of anilines is 1. The lowest BCUT2D eigenvalue weighted by Crippen LogP contribution is -2.18. The van der Waals surface area contributed by atoms with Gasteiger partial charge in [0.05, 0.1) is 0 Å². The number of hydrogen-bond acceptors (Lipinski definition) is 3. The molecule has 0 aliphatic heterocycles. The Balaban J connectivity index is 1.76. The summed E-state index contributed by atoms with van der Waals surface area (Å²) in [5.74, 6) is 1.58. The molecule has 0 amide bonds. The third-order valence-corrected chi connectivity index (χ3v) is 3.38. The molecule has 0 radical (unpaired) electrons. The molecule has 1 aliphatic rings. The lowest BCUT2D eigenvalue weighted by atomic mass is 9.86. The van der Waals surface area contributed by atoms with E-state index in [1.54, 1.807) is 0 Å². The van der Waals surface area contributed by atoms with Crippen LogP contribution in [0.5, 0.6) is 0 Å². The summed E-state index contributed by atoms with van der Waals surface area (Å²) < 4.78 is 1.95. The Hall–Kier alpha value is -1.84. The van der Waals surface area contributed by atoms with E-state index in [9.17, 15) is 0 Å². The molecule has 2 aromatic rings. The molecule has 1 fully saturated rings. The van der Waals surface area contributed by atoms with Gasteiger partial charge in [-0.05, 0) is 43.0 Å². The third kappa shape index (κ3) is 2.16. The van der Waals surface area contributed by atoms with Crippen LogP contribution in [-0.2, 0) is 6.54 Å². The number of nitrogens with zero attached hydrogens (tertiary/aromatic N) is 3. The molecule has 17 heavy (non-hydrogen) atoms. The molecule has 0 unspecified atom stereocenters. The zero-order valence-electron chi connectivity index (χ0n) is 9.71. The van der Waals surface area contributed by atoms with E-state index in [2.05, 4.69) is 10.1 Å². The van der Waals surface area contributed by atoms with Crippen LogP contribution in [0.25, 0.3) is 11.4 Å². The highest BCUT2D eigenvalue weighted by Gasteiger charge is 2.18. The number of rotatable bonds is 3.